The molecule has 7 heteroatoms. The molecule has 7 nitrogen and oxygen atoms in total. The minimum Gasteiger partial charge on any atom is -0.408 e. The van der Waals surface area contributed by atoms with E-state index in [0.29, 0.717) is 6.01 Å². The van der Waals surface area contributed by atoms with Crippen molar-refractivity contribution in [1.29, 1.82) is 0 Å². The van der Waals surface area contributed by atoms with Crippen LogP contribution in [0.15, 0.2) is 4.42 Å². The predicted octanol–water partition coefficient (Wildman–Crippen LogP) is 0.950. The largest absolute Gasteiger partial charge is 0.408 e. The molecule has 2 fully saturated rings. The summed E-state index contributed by atoms with van der Waals surface area (Å²) in [5, 5.41) is 8.33. The second kappa shape index (κ2) is 7.89. The summed E-state index contributed by atoms with van der Waals surface area (Å²) in [5.41, 5.74) is 0. The lowest BCUT2D eigenvalue weighted by Gasteiger charge is -2.31. The highest BCUT2D eigenvalue weighted by atomic mass is 16.5. The van der Waals surface area contributed by atoms with Gasteiger partial charge in [0.05, 0.1) is 19.3 Å². The highest BCUT2D eigenvalue weighted by Gasteiger charge is 2.25. The van der Waals surface area contributed by atoms with Crippen LogP contribution < -0.4 is 4.90 Å². The van der Waals surface area contributed by atoms with Crippen LogP contribution in [0.25, 0.3) is 0 Å². The average molecular weight is 310 g/mol. The maximum absolute atomic E-state index is 6.00. The lowest BCUT2D eigenvalue weighted by Crippen LogP contribution is -2.45. The Morgan fingerprint density at radius 3 is 2.82 bits per heavy atom. The Morgan fingerprint density at radius 1 is 1.14 bits per heavy atom. The highest BCUT2D eigenvalue weighted by Crippen LogP contribution is 2.17. The predicted molar refractivity (Wildman–Crippen MR) is 82.1 cm³/mol. The van der Waals surface area contributed by atoms with Gasteiger partial charge >= 0.3 is 6.01 Å². The van der Waals surface area contributed by atoms with Gasteiger partial charge in [-0.1, -0.05) is 12.0 Å². The number of hydrogen-bond acceptors (Lipinski definition) is 7. The van der Waals surface area contributed by atoms with E-state index < -0.39 is 0 Å². The molecular weight excluding hydrogens is 284 g/mol. The molecule has 2 aliphatic heterocycles. The number of aromatic nitrogens is 2. The van der Waals surface area contributed by atoms with Crippen molar-refractivity contribution in [2.75, 3.05) is 57.4 Å². The van der Waals surface area contributed by atoms with Crippen LogP contribution >= 0.6 is 0 Å². The molecule has 3 rings (SSSR count). The molecule has 0 amide bonds. The Balaban J connectivity index is 1.58. The molecular formula is C15H26N4O3. The standard InChI is InChI=1S/C15H26N4O3/c1-2-4-14-16-17-15(22-14)19-5-3-8-21-13(12-19)11-18-6-9-20-10-7-18/h13H,2-12H2,1H3/t13-/m0/s1. The number of ether oxygens (including phenoxy) is 2. The van der Waals surface area contributed by atoms with E-state index in [1.165, 1.54) is 0 Å². The first-order valence-electron chi connectivity index (χ1n) is 8.34. The Kier molecular flexibility index (Phi) is 5.64. The molecule has 3 heterocycles. The van der Waals surface area contributed by atoms with E-state index in [0.717, 1.165) is 77.7 Å². The van der Waals surface area contributed by atoms with Gasteiger partial charge in [0, 0.05) is 45.8 Å². The molecule has 22 heavy (non-hydrogen) atoms. The Morgan fingerprint density at radius 2 is 2.00 bits per heavy atom. The van der Waals surface area contributed by atoms with E-state index in [2.05, 4.69) is 26.9 Å². The normalized spacial score (nSPS) is 24.4. The number of anilines is 1. The molecule has 0 spiro atoms. The molecule has 1 atom stereocenters. The smallest absolute Gasteiger partial charge is 0.318 e. The number of rotatable bonds is 5. The fourth-order valence-electron chi connectivity index (χ4n) is 2.94. The van der Waals surface area contributed by atoms with Crippen LogP contribution in [0.4, 0.5) is 6.01 Å². The molecule has 0 bridgehead atoms. The maximum Gasteiger partial charge on any atom is 0.318 e. The van der Waals surface area contributed by atoms with E-state index in [9.17, 15) is 0 Å². The lowest BCUT2D eigenvalue weighted by molar-refractivity contribution is -0.00519. The van der Waals surface area contributed by atoms with Gasteiger partial charge < -0.3 is 18.8 Å². The highest BCUT2D eigenvalue weighted by molar-refractivity contribution is 5.24. The molecule has 0 radical (unpaired) electrons. The zero-order valence-corrected chi connectivity index (χ0v) is 13.4. The number of aryl methyl sites for hydroxylation is 1. The minimum atomic E-state index is 0.183. The third-order valence-corrected chi connectivity index (χ3v) is 4.11. The summed E-state index contributed by atoms with van der Waals surface area (Å²) < 4.78 is 17.2. The molecule has 0 saturated carbocycles. The summed E-state index contributed by atoms with van der Waals surface area (Å²) in [5.74, 6) is 0.729. The van der Waals surface area contributed by atoms with Crippen molar-refractivity contribution in [2.45, 2.75) is 32.3 Å². The molecule has 2 saturated heterocycles. The quantitative estimate of drug-likeness (QED) is 0.802. The summed E-state index contributed by atoms with van der Waals surface area (Å²) in [6.45, 7) is 9.18. The fourth-order valence-corrected chi connectivity index (χ4v) is 2.94. The van der Waals surface area contributed by atoms with Crippen molar-refractivity contribution in [3.63, 3.8) is 0 Å². The first kappa shape index (κ1) is 15.7. The first-order chi connectivity index (χ1) is 10.8. The third kappa shape index (κ3) is 4.18. The van der Waals surface area contributed by atoms with Crippen LogP contribution in [0.1, 0.15) is 25.7 Å². The summed E-state index contributed by atoms with van der Waals surface area (Å²) >= 11 is 0. The van der Waals surface area contributed by atoms with Gasteiger partial charge in [-0.2, -0.15) is 0 Å². The van der Waals surface area contributed by atoms with Crippen molar-refractivity contribution in [1.82, 2.24) is 15.1 Å². The van der Waals surface area contributed by atoms with Gasteiger partial charge in [0.1, 0.15) is 0 Å². The second-order valence-electron chi connectivity index (χ2n) is 5.93. The van der Waals surface area contributed by atoms with E-state index in [1.54, 1.807) is 0 Å². The van der Waals surface area contributed by atoms with Gasteiger partial charge in [0.2, 0.25) is 5.89 Å². The molecule has 1 aromatic heterocycles. The summed E-state index contributed by atoms with van der Waals surface area (Å²) in [7, 11) is 0. The molecule has 0 aliphatic carbocycles. The second-order valence-corrected chi connectivity index (χ2v) is 5.93. The van der Waals surface area contributed by atoms with Crippen molar-refractivity contribution in [2.24, 2.45) is 0 Å². The maximum atomic E-state index is 6.00. The molecule has 2 aliphatic rings. The third-order valence-electron chi connectivity index (χ3n) is 4.11. The van der Waals surface area contributed by atoms with Crippen LogP contribution in [0, 0.1) is 0 Å². The van der Waals surface area contributed by atoms with Crippen molar-refractivity contribution in [3.8, 4) is 0 Å². The van der Waals surface area contributed by atoms with Crippen LogP contribution in [-0.2, 0) is 15.9 Å². The van der Waals surface area contributed by atoms with E-state index >= 15 is 0 Å². The van der Waals surface area contributed by atoms with Crippen molar-refractivity contribution in [3.05, 3.63) is 5.89 Å². The Bertz CT molecular complexity index is 448. The first-order valence-corrected chi connectivity index (χ1v) is 8.34. The monoisotopic (exact) mass is 310 g/mol. The van der Waals surface area contributed by atoms with E-state index in [1.807, 2.05) is 0 Å². The van der Waals surface area contributed by atoms with E-state index in [4.69, 9.17) is 13.9 Å². The number of hydrogen-bond donors (Lipinski definition) is 0. The van der Waals surface area contributed by atoms with Gasteiger partial charge in [0.15, 0.2) is 0 Å². The van der Waals surface area contributed by atoms with Crippen LogP contribution in [0.5, 0.6) is 0 Å². The van der Waals surface area contributed by atoms with Crippen molar-refractivity contribution >= 4 is 6.01 Å². The van der Waals surface area contributed by atoms with Gasteiger partial charge in [0.25, 0.3) is 0 Å². The molecule has 0 unspecified atom stereocenters. The van der Waals surface area contributed by atoms with Gasteiger partial charge in [-0.25, -0.2) is 0 Å². The van der Waals surface area contributed by atoms with Crippen LogP contribution in [-0.4, -0.2) is 73.7 Å². The molecule has 124 valence electrons. The topological polar surface area (TPSA) is 63.9 Å². The average Bonchev–Trinajstić information content (AvgIpc) is 2.88. The van der Waals surface area contributed by atoms with Crippen LogP contribution in [0.3, 0.4) is 0 Å². The van der Waals surface area contributed by atoms with Gasteiger partial charge in [-0.3, -0.25) is 4.90 Å². The zero-order valence-electron chi connectivity index (χ0n) is 13.4. The fraction of sp³-hybridized carbons (Fsp3) is 0.867. The van der Waals surface area contributed by atoms with Gasteiger partial charge in [-0.15, -0.1) is 5.10 Å². The Labute approximate surface area is 131 Å². The summed E-state index contributed by atoms with van der Waals surface area (Å²) in [6.07, 6.45) is 3.03. The molecule has 0 N–H and O–H groups in total. The number of nitrogens with zero attached hydrogens (tertiary/aromatic N) is 4. The minimum absolute atomic E-state index is 0.183. The van der Waals surface area contributed by atoms with E-state index in [-0.39, 0.29) is 6.10 Å². The molecule has 1 aromatic rings. The van der Waals surface area contributed by atoms with Crippen molar-refractivity contribution < 1.29 is 13.9 Å². The SMILES string of the molecule is CCCc1nnc(N2CCCO[C@@H](CN3CCOCC3)C2)o1. The molecule has 0 aromatic carbocycles. The van der Waals surface area contributed by atoms with Crippen LogP contribution in [0.2, 0.25) is 0 Å². The summed E-state index contributed by atoms with van der Waals surface area (Å²) in [4.78, 5) is 4.58. The lowest BCUT2D eigenvalue weighted by atomic mass is 10.3. The Hall–Kier alpha value is -1.18. The summed E-state index contributed by atoms with van der Waals surface area (Å²) in [6, 6.07) is 0.640. The van der Waals surface area contributed by atoms with Gasteiger partial charge in [-0.05, 0) is 12.8 Å². The zero-order chi connectivity index (χ0) is 15.2. The number of morpholine rings is 1.